The molecule has 0 aliphatic carbocycles. The van der Waals surface area contributed by atoms with Crippen LogP contribution in [0.3, 0.4) is 0 Å². The third-order valence-corrected chi connectivity index (χ3v) is 1.97. The zero-order valence-electron chi connectivity index (χ0n) is 8.56. The average Bonchev–Trinajstić information content (AvgIpc) is 2.17. The van der Waals surface area contributed by atoms with Crippen LogP contribution >= 0.6 is 0 Å². The van der Waals surface area contributed by atoms with Gasteiger partial charge in [0, 0.05) is 12.1 Å². The van der Waals surface area contributed by atoms with Gasteiger partial charge in [0.15, 0.2) is 0 Å². The van der Waals surface area contributed by atoms with Crippen LogP contribution in [-0.2, 0) is 11.4 Å². The van der Waals surface area contributed by atoms with E-state index < -0.39 is 0 Å². The van der Waals surface area contributed by atoms with Crippen molar-refractivity contribution in [1.82, 2.24) is 5.48 Å². The summed E-state index contributed by atoms with van der Waals surface area (Å²) >= 11 is 0. The summed E-state index contributed by atoms with van der Waals surface area (Å²) in [4.78, 5) is 4.65. The van der Waals surface area contributed by atoms with Gasteiger partial charge in [-0.05, 0) is 24.6 Å². The Bertz CT molecular complexity index is 315. The quantitative estimate of drug-likeness (QED) is 0.750. The van der Waals surface area contributed by atoms with Gasteiger partial charge < -0.3 is 9.57 Å². The molecule has 3 nitrogen and oxygen atoms in total. The second-order valence-electron chi connectivity index (χ2n) is 2.94. The lowest BCUT2D eigenvalue weighted by molar-refractivity contribution is 0.0859. The molecule has 4 heteroatoms. The minimum atomic E-state index is -0.257. The molecule has 14 heavy (non-hydrogen) atoms. The van der Waals surface area contributed by atoms with E-state index >= 15 is 0 Å². The van der Waals surface area contributed by atoms with Gasteiger partial charge >= 0.3 is 0 Å². The van der Waals surface area contributed by atoms with Crippen molar-refractivity contribution >= 4 is 0 Å². The van der Waals surface area contributed by atoms with Gasteiger partial charge in [-0.1, -0.05) is 0 Å². The molecule has 0 spiro atoms. The molecule has 1 aromatic carbocycles. The molecule has 0 saturated carbocycles. The number of hydrogen-bond acceptors (Lipinski definition) is 3. The second kappa shape index (κ2) is 4.93. The lowest BCUT2D eigenvalue weighted by atomic mass is 10.1. The lowest BCUT2D eigenvalue weighted by Gasteiger charge is -2.09. The molecule has 0 fully saturated rings. The molecule has 0 amide bonds. The fourth-order valence-corrected chi connectivity index (χ4v) is 1.20. The number of hydrogen-bond donors (Lipinski definition) is 1. The molecule has 1 aromatic rings. The number of benzene rings is 1. The number of halogens is 1. The Hall–Kier alpha value is -1.13. The van der Waals surface area contributed by atoms with Crippen molar-refractivity contribution in [3.8, 4) is 5.75 Å². The Balaban J connectivity index is 2.92. The van der Waals surface area contributed by atoms with Crippen molar-refractivity contribution < 1.29 is 14.0 Å². The molecule has 0 aromatic heterocycles. The maximum absolute atomic E-state index is 13.3. The highest BCUT2D eigenvalue weighted by Gasteiger charge is 2.06. The molecule has 78 valence electrons. The SMILES string of the molecule is CONCc1cc(OC)c(C)cc1F. The van der Waals surface area contributed by atoms with E-state index in [4.69, 9.17) is 4.74 Å². The molecule has 0 heterocycles. The van der Waals surface area contributed by atoms with Gasteiger partial charge in [0.2, 0.25) is 0 Å². The predicted molar refractivity (Wildman–Crippen MR) is 51.5 cm³/mol. The van der Waals surface area contributed by atoms with Crippen LogP contribution in [0.25, 0.3) is 0 Å². The van der Waals surface area contributed by atoms with Gasteiger partial charge in [0.25, 0.3) is 0 Å². The smallest absolute Gasteiger partial charge is 0.128 e. The summed E-state index contributed by atoms with van der Waals surface area (Å²) < 4.78 is 18.4. The van der Waals surface area contributed by atoms with Crippen molar-refractivity contribution in [2.24, 2.45) is 0 Å². The van der Waals surface area contributed by atoms with Gasteiger partial charge in [0.1, 0.15) is 11.6 Å². The molecule has 0 aliphatic heterocycles. The average molecular weight is 199 g/mol. The van der Waals surface area contributed by atoms with Gasteiger partial charge in [-0.2, -0.15) is 5.48 Å². The van der Waals surface area contributed by atoms with E-state index in [1.807, 2.05) is 0 Å². The van der Waals surface area contributed by atoms with Crippen LogP contribution in [0, 0.1) is 12.7 Å². The normalized spacial score (nSPS) is 10.3. The summed E-state index contributed by atoms with van der Waals surface area (Å²) in [5.74, 6) is 0.423. The number of nitrogens with one attached hydrogen (secondary N) is 1. The second-order valence-corrected chi connectivity index (χ2v) is 2.94. The van der Waals surface area contributed by atoms with E-state index in [1.165, 1.54) is 13.2 Å². The molecule has 0 saturated heterocycles. The fourth-order valence-electron chi connectivity index (χ4n) is 1.20. The van der Waals surface area contributed by atoms with Gasteiger partial charge in [-0.3, -0.25) is 0 Å². The fraction of sp³-hybridized carbons (Fsp3) is 0.400. The molecule has 0 bridgehead atoms. The van der Waals surface area contributed by atoms with Crippen molar-refractivity contribution in [2.75, 3.05) is 14.2 Å². The number of aryl methyl sites for hydroxylation is 1. The Morgan fingerprint density at radius 1 is 1.36 bits per heavy atom. The Kier molecular flexibility index (Phi) is 3.85. The molecule has 0 radical (unpaired) electrons. The first-order valence-electron chi connectivity index (χ1n) is 4.28. The molecule has 0 aliphatic rings. The number of hydroxylamine groups is 1. The van der Waals surface area contributed by atoms with Crippen molar-refractivity contribution in [1.29, 1.82) is 0 Å². The van der Waals surface area contributed by atoms with Crippen molar-refractivity contribution in [3.05, 3.63) is 29.1 Å². The highest BCUT2D eigenvalue weighted by molar-refractivity contribution is 5.37. The Morgan fingerprint density at radius 3 is 2.64 bits per heavy atom. The maximum Gasteiger partial charge on any atom is 0.128 e. The standard InChI is InChI=1S/C10H14FNO2/c1-7-4-9(11)8(6-12-14-3)5-10(7)13-2/h4-5,12H,6H2,1-3H3. The first kappa shape index (κ1) is 10.9. The topological polar surface area (TPSA) is 30.5 Å². The predicted octanol–water partition coefficient (Wildman–Crippen LogP) is 1.79. The van der Waals surface area contributed by atoms with Crippen LogP contribution in [0.5, 0.6) is 5.75 Å². The van der Waals surface area contributed by atoms with Crippen LogP contribution < -0.4 is 10.2 Å². The van der Waals surface area contributed by atoms with Crippen LogP contribution in [0.15, 0.2) is 12.1 Å². The van der Waals surface area contributed by atoms with Crippen LogP contribution in [0.2, 0.25) is 0 Å². The number of ether oxygens (including phenoxy) is 1. The summed E-state index contributed by atoms with van der Waals surface area (Å²) in [5, 5.41) is 0. The van der Waals surface area contributed by atoms with E-state index in [0.717, 1.165) is 5.56 Å². The summed E-state index contributed by atoms with van der Waals surface area (Å²) in [6.45, 7) is 2.12. The minimum Gasteiger partial charge on any atom is -0.496 e. The van der Waals surface area contributed by atoms with Gasteiger partial charge in [-0.25, -0.2) is 4.39 Å². The third kappa shape index (κ3) is 2.43. The Labute approximate surface area is 82.8 Å². The van der Waals surface area contributed by atoms with E-state index in [1.54, 1.807) is 20.1 Å². The highest BCUT2D eigenvalue weighted by Crippen LogP contribution is 2.21. The van der Waals surface area contributed by atoms with Crippen LogP contribution in [0.4, 0.5) is 4.39 Å². The van der Waals surface area contributed by atoms with Gasteiger partial charge in [-0.15, -0.1) is 0 Å². The number of rotatable bonds is 4. The van der Waals surface area contributed by atoms with E-state index in [9.17, 15) is 4.39 Å². The molecule has 1 N–H and O–H groups in total. The maximum atomic E-state index is 13.3. The summed E-state index contributed by atoms with van der Waals surface area (Å²) in [5.41, 5.74) is 3.89. The Morgan fingerprint density at radius 2 is 2.07 bits per heavy atom. The summed E-state index contributed by atoms with van der Waals surface area (Å²) in [6.07, 6.45) is 0. The third-order valence-electron chi connectivity index (χ3n) is 1.97. The first-order valence-corrected chi connectivity index (χ1v) is 4.28. The molecule has 1 rings (SSSR count). The monoisotopic (exact) mass is 199 g/mol. The summed E-state index contributed by atoms with van der Waals surface area (Å²) in [6, 6.07) is 3.11. The zero-order chi connectivity index (χ0) is 10.6. The van der Waals surface area contributed by atoms with Crippen molar-refractivity contribution in [2.45, 2.75) is 13.5 Å². The molecule has 0 unspecified atom stereocenters. The van der Waals surface area contributed by atoms with Gasteiger partial charge in [0.05, 0.1) is 14.2 Å². The van der Waals surface area contributed by atoms with E-state index in [0.29, 0.717) is 17.9 Å². The molecular formula is C10H14FNO2. The van der Waals surface area contributed by atoms with E-state index in [-0.39, 0.29) is 5.82 Å². The van der Waals surface area contributed by atoms with Crippen molar-refractivity contribution in [3.63, 3.8) is 0 Å². The highest BCUT2D eigenvalue weighted by atomic mass is 19.1. The van der Waals surface area contributed by atoms with Crippen LogP contribution in [0.1, 0.15) is 11.1 Å². The minimum absolute atomic E-state index is 0.257. The summed E-state index contributed by atoms with van der Waals surface area (Å²) in [7, 11) is 3.05. The van der Waals surface area contributed by atoms with Crippen LogP contribution in [-0.4, -0.2) is 14.2 Å². The number of methoxy groups -OCH3 is 1. The van der Waals surface area contributed by atoms with E-state index in [2.05, 4.69) is 10.3 Å². The molecular weight excluding hydrogens is 185 g/mol. The molecule has 0 atom stereocenters. The first-order chi connectivity index (χ1) is 6.69. The lowest BCUT2D eigenvalue weighted by Crippen LogP contribution is -2.12. The largest absolute Gasteiger partial charge is 0.496 e. The zero-order valence-corrected chi connectivity index (χ0v) is 8.56.